The largest absolute Gasteiger partial charge is 0.343 e. The fraction of sp³-hybridized carbons (Fsp3) is 0.833. The highest BCUT2D eigenvalue weighted by atomic mass is 31.2. The lowest BCUT2D eigenvalue weighted by molar-refractivity contribution is -0.138. The van der Waals surface area contributed by atoms with Crippen molar-refractivity contribution in [2.45, 2.75) is 39.5 Å². The van der Waals surface area contributed by atoms with Gasteiger partial charge in [0, 0.05) is 24.9 Å². The van der Waals surface area contributed by atoms with Crippen LogP contribution in [0.1, 0.15) is 39.5 Å². The summed E-state index contributed by atoms with van der Waals surface area (Å²) in [4.78, 5) is 43.3. The molecule has 0 spiro atoms. The van der Waals surface area contributed by atoms with E-state index in [-0.39, 0.29) is 12.3 Å². The standard InChI is InChI=1S/C12H22NO5P/c1-12(2,10(14)9-19(16,17)18)8-11(15)13-6-4-3-5-7-13/h3-9H2,1-2H3,(H2,16,17,18). The summed E-state index contributed by atoms with van der Waals surface area (Å²) in [7, 11) is -4.37. The highest BCUT2D eigenvalue weighted by molar-refractivity contribution is 7.52. The van der Waals surface area contributed by atoms with E-state index >= 15 is 0 Å². The van der Waals surface area contributed by atoms with Crippen LogP contribution in [0, 0.1) is 5.41 Å². The topological polar surface area (TPSA) is 94.9 Å². The Labute approximate surface area is 113 Å². The average Bonchev–Trinajstić information content (AvgIpc) is 2.27. The summed E-state index contributed by atoms with van der Waals surface area (Å²) in [5.74, 6) is -0.671. The first-order valence-electron chi connectivity index (χ1n) is 6.47. The van der Waals surface area contributed by atoms with Crippen LogP contribution < -0.4 is 0 Å². The van der Waals surface area contributed by atoms with Crippen molar-refractivity contribution in [2.75, 3.05) is 19.3 Å². The monoisotopic (exact) mass is 291 g/mol. The summed E-state index contributed by atoms with van der Waals surface area (Å²) in [5, 5.41) is 0. The van der Waals surface area contributed by atoms with Crippen LogP contribution in [-0.4, -0.2) is 45.6 Å². The highest BCUT2D eigenvalue weighted by Crippen LogP contribution is 2.38. The van der Waals surface area contributed by atoms with Gasteiger partial charge in [0.15, 0.2) is 5.78 Å². The molecule has 7 heteroatoms. The minimum absolute atomic E-state index is 0.00579. The maximum atomic E-state index is 12.1. The Morgan fingerprint density at radius 3 is 2.16 bits per heavy atom. The molecule has 1 heterocycles. The van der Waals surface area contributed by atoms with Crippen molar-refractivity contribution in [1.82, 2.24) is 4.90 Å². The number of likely N-dealkylation sites (tertiary alicyclic amines) is 1. The molecule has 6 nitrogen and oxygen atoms in total. The summed E-state index contributed by atoms with van der Waals surface area (Å²) in [5.41, 5.74) is -1.03. The molecular weight excluding hydrogens is 269 g/mol. The molecule has 0 atom stereocenters. The van der Waals surface area contributed by atoms with Crippen LogP contribution in [0.3, 0.4) is 0 Å². The number of Topliss-reactive ketones (excluding diaryl/α,β-unsaturated/α-hetero) is 1. The molecule has 0 radical (unpaired) electrons. The van der Waals surface area contributed by atoms with Crippen LogP contribution in [0.5, 0.6) is 0 Å². The SMILES string of the molecule is CC(C)(CC(=O)N1CCCCC1)C(=O)CP(=O)(O)O. The Morgan fingerprint density at radius 2 is 1.68 bits per heavy atom. The Hall–Kier alpha value is -0.710. The van der Waals surface area contributed by atoms with E-state index in [0.29, 0.717) is 13.1 Å². The molecule has 2 N–H and O–H groups in total. The van der Waals surface area contributed by atoms with Gasteiger partial charge < -0.3 is 14.7 Å². The number of amides is 1. The van der Waals surface area contributed by atoms with E-state index in [1.807, 2.05) is 0 Å². The molecule has 1 fully saturated rings. The second-order valence-corrected chi connectivity index (χ2v) is 7.39. The van der Waals surface area contributed by atoms with Gasteiger partial charge in [0.1, 0.15) is 6.16 Å². The molecular formula is C12H22NO5P. The van der Waals surface area contributed by atoms with Crippen molar-refractivity contribution >= 4 is 19.3 Å². The van der Waals surface area contributed by atoms with Crippen LogP contribution in [0.2, 0.25) is 0 Å². The summed E-state index contributed by atoms with van der Waals surface area (Å²) < 4.78 is 10.9. The van der Waals surface area contributed by atoms with Gasteiger partial charge in [-0.1, -0.05) is 13.8 Å². The second-order valence-electron chi connectivity index (χ2n) is 5.75. The molecule has 1 amide bonds. The Kier molecular flexibility index (Phi) is 5.30. The van der Waals surface area contributed by atoms with Gasteiger partial charge in [0.05, 0.1) is 0 Å². The lowest BCUT2D eigenvalue weighted by Gasteiger charge is -2.30. The van der Waals surface area contributed by atoms with Crippen molar-refractivity contribution in [3.8, 4) is 0 Å². The van der Waals surface area contributed by atoms with Crippen LogP contribution in [0.15, 0.2) is 0 Å². The number of carbonyl (C=O) groups excluding carboxylic acids is 2. The maximum absolute atomic E-state index is 12.1. The quantitative estimate of drug-likeness (QED) is 0.741. The third-order valence-electron chi connectivity index (χ3n) is 3.41. The van der Waals surface area contributed by atoms with Gasteiger partial charge in [-0.2, -0.15) is 0 Å². The number of hydrogen-bond donors (Lipinski definition) is 2. The van der Waals surface area contributed by atoms with Gasteiger partial charge in [-0.05, 0) is 19.3 Å². The van der Waals surface area contributed by atoms with E-state index in [9.17, 15) is 14.2 Å². The molecule has 0 bridgehead atoms. The molecule has 0 aromatic heterocycles. The Balaban J connectivity index is 2.59. The van der Waals surface area contributed by atoms with Crippen LogP contribution >= 0.6 is 7.60 Å². The first kappa shape index (κ1) is 16.3. The summed E-state index contributed by atoms with van der Waals surface area (Å²) in [6, 6.07) is 0. The number of piperidine rings is 1. The number of nitrogens with zero attached hydrogens (tertiary/aromatic N) is 1. The maximum Gasteiger partial charge on any atom is 0.332 e. The molecule has 1 saturated heterocycles. The van der Waals surface area contributed by atoms with Gasteiger partial charge in [-0.3, -0.25) is 14.2 Å². The third-order valence-corrected chi connectivity index (χ3v) is 4.11. The van der Waals surface area contributed by atoms with E-state index in [0.717, 1.165) is 19.3 Å². The van der Waals surface area contributed by atoms with Crippen LogP contribution in [0.4, 0.5) is 0 Å². The minimum atomic E-state index is -4.37. The van der Waals surface area contributed by atoms with Gasteiger partial charge in [-0.25, -0.2) is 0 Å². The first-order valence-corrected chi connectivity index (χ1v) is 8.27. The normalized spacial score (nSPS) is 17.4. The van der Waals surface area contributed by atoms with Crippen LogP contribution in [0.25, 0.3) is 0 Å². The first-order chi connectivity index (χ1) is 8.62. The van der Waals surface area contributed by atoms with Crippen molar-refractivity contribution in [1.29, 1.82) is 0 Å². The fourth-order valence-corrected chi connectivity index (χ4v) is 2.94. The molecule has 0 aromatic carbocycles. The van der Waals surface area contributed by atoms with Crippen molar-refractivity contribution < 1.29 is 23.9 Å². The van der Waals surface area contributed by atoms with E-state index < -0.39 is 25.0 Å². The van der Waals surface area contributed by atoms with Crippen molar-refractivity contribution in [3.05, 3.63) is 0 Å². The van der Waals surface area contributed by atoms with E-state index in [2.05, 4.69) is 0 Å². The molecule has 1 rings (SSSR count). The lowest BCUT2D eigenvalue weighted by Crippen LogP contribution is -2.40. The van der Waals surface area contributed by atoms with Crippen LogP contribution in [-0.2, 0) is 14.2 Å². The van der Waals surface area contributed by atoms with E-state index in [1.165, 1.54) is 0 Å². The molecule has 0 aliphatic carbocycles. The van der Waals surface area contributed by atoms with Gasteiger partial charge >= 0.3 is 7.60 Å². The molecule has 0 saturated carbocycles. The van der Waals surface area contributed by atoms with Gasteiger partial charge in [0.2, 0.25) is 5.91 Å². The highest BCUT2D eigenvalue weighted by Gasteiger charge is 2.35. The van der Waals surface area contributed by atoms with Crippen molar-refractivity contribution in [2.24, 2.45) is 5.41 Å². The smallest absolute Gasteiger partial charge is 0.332 e. The summed E-state index contributed by atoms with van der Waals surface area (Å²) in [6.45, 7) is 4.54. The Morgan fingerprint density at radius 1 is 1.16 bits per heavy atom. The molecule has 1 aliphatic rings. The fourth-order valence-electron chi connectivity index (χ4n) is 2.13. The zero-order valence-corrected chi connectivity index (χ0v) is 12.4. The molecule has 1 aliphatic heterocycles. The zero-order chi connectivity index (χ0) is 14.7. The predicted octanol–water partition coefficient (Wildman–Crippen LogP) is 1.16. The second kappa shape index (κ2) is 6.16. The zero-order valence-electron chi connectivity index (χ0n) is 11.5. The van der Waals surface area contributed by atoms with Gasteiger partial charge in [0.25, 0.3) is 0 Å². The van der Waals surface area contributed by atoms with Crippen molar-refractivity contribution in [3.63, 3.8) is 0 Å². The molecule has 0 aromatic rings. The molecule has 110 valence electrons. The number of ketones is 1. The van der Waals surface area contributed by atoms with E-state index in [1.54, 1.807) is 18.7 Å². The average molecular weight is 291 g/mol. The number of carbonyl (C=O) groups is 2. The summed E-state index contributed by atoms with van der Waals surface area (Å²) in [6.07, 6.45) is 2.27. The number of hydrogen-bond acceptors (Lipinski definition) is 3. The predicted molar refractivity (Wildman–Crippen MR) is 70.7 cm³/mol. The lowest BCUT2D eigenvalue weighted by atomic mass is 9.84. The summed E-state index contributed by atoms with van der Waals surface area (Å²) >= 11 is 0. The minimum Gasteiger partial charge on any atom is -0.343 e. The van der Waals surface area contributed by atoms with E-state index in [4.69, 9.17) is 9.79 Å². The molecule has 0 unspecified atom stereocenters. The van der Waals surface area contributed by atoms with Gasteiger partial charge in [-0.15, -0.1) is 0 Å². The number of rotatable bonds is 5. The third kappa shape index (κ3) is 5.43. The Bertz CT molecular complexity index is 395. The molecule has 19 heavy (non-hydrogen) atoms.